The maximum absolute atomic E-state index is 13.6. The average Bonchev–Trinajstić information content (AvgIpc) is 3.19. The van der Waals surface area contributed by atoms with Gasteiger partial charge in [-0.25, -0.2) is 4.39 Å². The zero-order chi connectivity index (χ0) is 21.5. The van der Waals surface area contributed by atoms with Crippen LogP contribution in [0.15, 0.2) is 48.5 Å². The summed E-state index contributed by atoms with van der Waals surface area (Å²) in [6.45, 7) is 3.60. The maximum Gasteiger partial charge on any atom is 0.125 e. The largest absolute Gasteiger partial charge is 0.381 e. The minimum atomic E-state index is -0.192. The molecular formula is C27H28FN3O. The van der Waals surface area contributed by atoms with Gasteiger partial charge in [-0.05, 0) is 74.1 Å². The Morgan fingerprint density at radius 1 is 1.06 bits per heavy atom. The Hall–Kier alpha value is -2.92. The Morgan fingerprint density at radius 3 is 2.88 bits per heavy atom. The number of halogens is 1. The molecule has 4 nitrogen and oxygen atoms in total. The Bertz CT molecular complexity index is 1270. The zero-order valence-corrected chi connectivity index (χ0v) is 18.2. The molecule has 0 spiro atoms. The molecule has 2 aromatic carbocycles. The van der Waals surface area contributed by atoms with E-state index < -0.39 is 0 Å². The van der Waals surface area contributed by atoms with Crippen LogP contribution < -0.4 is 4.90 Å². The molecule has 2 aliphatic rings. The summed E-state index contributed by atoms with van der Waals surface area (Å²) in [5.74, 6) is 0.579. The highest BCUT2D eigenvalue weighted by Crippen LogP contribution is 2.32. The van der Waals surface area contributed by atoms with Crippen LogP contribution in [0.3, 0.4) is 0 Å². The van der Waals surface area contributed by atoms with Crippen molar-refractivity contribution in [3.63, 3.8) is 0 Å². The number of aromatic amines is 1. The van der Waals surface area contributed by atoms with E-state index in [2.05, 4.69) is 40.2 Å². The number of hydrogen-bond acceptors (Lipinski definition) is 3. The number of aryl methyl sites for hydroxylation is 1. The molecule has 0 unspecified atom stereocenters. The highest BCUT2D eigenvalue weighted by Gasteiger charge is 2.21. The second kappa shape index (κ2) is 8.21. The van der Waals surface area contributed by atoms with Crippen LogP contribution in [-0.4, -0.2) is 29.7 Å². The number of fused-ring (bicyclic) bond motifs is 4. The average molecular weight is 430 g/mol. The number of anilines is 1. The van der Waals surface area contributed by atoms with E-state index in [-0.39, 0.29) is 5.82 Å². The van der Waals surface area contributed by atoms with Crippen molar-refractivity contribution in [3.05, 3.63) is 71.3 Å². The van der Waals surface area contributed by atoms with Gasteiger partial charge in [0, 0.05) is 71.7 Å². The van der Waals surface area contributed by atoms with Crippen molar-refractivity contribution in [2.24, 2.45) is 5.92 Å². The monoisotopic (exact) mass is 429 g/mol. The fourth-order valence-electron chi connectivity index (χ4n) is 5.29. The Kier molecular flexibility index (Phi) is 5.07. The van der Waals surface area contributed by atoms with Gasteiger partial charge in [-0.2, -0.15) is 0 Å². The first-order valence-electron chi connectivity index (χ1n) is 11.7. The predicted octanol–water partition coefficient (Wildman–Crippen LogP) is 5.78. The molecule has 6 rings (SSSR count). The molecule has 0 bridgehead atoms. The molecule has 5 heteroatoms. The lowest BCUT2D eigenvalue weighted by Crippen LogP contribution is -2.30. The molecule has 164 valence electrons. The molecule has 2 aromatic heterocycles. The summed E-state index contributed by atoms with van der Waals surface area (Å²) < 4.78 is 19.1. The van der Waals surface area contributed by atoms with Crippen molar-refractivity contribution in [2.45, 2.75) is 38.6 Å². The zero-order valence-electron chi connectivity index (χ0n) is 18.2. The quantitative estimate of drug-likeness (QED) is 0.447. The van der Waals surface area contributed by atoms with Crippen LogP contribution in [0, 0.1) is 11.7 Å². The van der Waals surface area contributed by atoms with Crippen molar-refractivity contribution in [1.29, 1.82) is 0 Å². The van der Waals surface area contributed by atoms with Gasteiger partial charge in [0.15, 0.2) is 0 Å². The molecule has 0 saturated carbocycles. The first-order chi connectivity index (χ1) is 15.7. The molecule has 0 amide bonds. The van der Waals surface area contributed by atoms with Crippen LogP contribution in [0.2, 0.25) is 0 Å². The van der Waals surface area contributed by atoms with Gasteiger partial charge in [-0.1, -0.05) is 6.07 Å². The lowest BCUT2D eigenvalue weighted by Gasteiger charge is -2.29. The number of rotatable bonds is 4. The molecule has 4 aromatic rings. The van der Waals surface area contributed by atoms with Gasteiger partial charge in [-0.3, -0.25) is 4.98 Å². The summed E-state index contributed by atoms with van der Waals surface area (Å²) in [5.41, 5.74) is 6.89. The topological polar surface area (TPSA) is 41.2 Å². The van der Waals surface area contributed by atoms with Gasteiger partial charge in [-0.15, -0.1) is 0 Å². The summed E-state index contributed by atoms with van der Waals surface area (Å²) in [7, 11) is 0. The van der Waals surface area contributed by atoms with Gasteiger partial charge in [0.1, 0.15) is 5.82 Å². The van der Waals surface area contributed by atoms with E-state index in [1.807, 2.05) is 6.07 Å². The number of nitrogens with zero attached hydrogens (tertiary/aromatic N) is 2. The van der Waals surface area contributed by atoms with Crippen LogP contribution >= 0.6 is 0 Å². The predicted molar refractivity (Wildman–Crippen MR) is 127 cm³/mol. The first kappa shape index (κ1) is 19.7. The molecule has 32 heavy (non-hydrogen) atoms. The van der Waals surface area contributed by atoms with E-state index in [1.165, 1.54) is 47.3 Å². The van der Waals surface area contributed by atoms with E-state index in [1.54, 1.807) is 12.1 Å². The Balaban J connectivity index is 1.21. The number of H-pyrrole nitrogens is 1. The second-order valence-electron chi connectivity index (χ2n) is 9.22. The lowest BCUT2D eigenvalue weighted by atomic mass is 9.94. The fourth-order valence-corrected chi connectivity index (χ4v) is 5.29. The van der Waals surface area contributed by atoms with Crippen LogP contribution in [0.5, 0.6) is 0 Å². The van der Waals surface area contributed by atoms with Crippen molar-refractivity contribution in [1.82, 2.24) is 9.97 Å². The van der Waals surface area contributed by atoms with Gasteiger partial charge in [0.05, 0.1) is 5.52 Å². The standard InChI is InChI=1S/C27H28FN3O/c28-20-3-7-23-24-17-31(12-9-26(24)30-27(23)16-20)22-6-8-25-19(15-22)2-5-21(29-25)4-1-18-10-13-32-14-11-18/h2-3,5-8,15-16,18,30H,1,4,9-14,17H2. The molecule has 1 saturated heterocycles. The summed E-state index contributed by atoms with van der Waals surface area (Å²) in [4.78, 5) is 10.8. The van der Waals surface area contributed by atoms with Crippen molar-refractivity contribution in [3.8, 4) is 0 Å². The first-order valence-corrected chi connectivity index (χ1v) is 11.7. The van der Waals surface area contributed by atoms with E-state index in [9.17, 15) is 4.39 Å². The van der Waals surface area contributed by atoms with Crippen LogP contribution in [0.25, 0.3) is 21.8 Å². The molecule has 2 aliphatic heterocycles. The van der Waals surface area contributed by atoms with Gasteiger partial charge in [0.25, 0.3) is 0 Å². The molecule has 0 atom stereocenters. The molecule has 0 aliphatic carbocycles. The Labute approximate surface area is 187 Å². The van der Waals surface area contributed by atoms with E-state index in [0.29, 0.717) is 0 Å². The molecule has 0 radical (unpaired) electrons. The number of ether oxygens (including phenoxy) is 1. The van der Waals surface area contributed by atoms with Crippen molar-refractivity contribution in [2.75, 3.05) is 24.7 Å². The van der Waals surface area contributed by atoms with Gasteiger partial charge in [0.2, 0.25) is 0 Å². The molecular weight excluding hydrogens is 401 g/mol. The number of aromatic nitrogens is 2. The molecule has 1 N–H and O–H groups in total. The smallest absolute Gasteiger partial charge is 0.125 e. The minimum Gasteiger partial charge on any atom is -0.381 e. The molecule has 4 heterocycles. The number of hydrogen-bond donors (Lipinski definition) is 1. The van der Waals surface area contributed by atoms with Crippen molar-refractivity contribution >= 4 is 27.5 Å². The summed E-state index contributed by atoms with van der Waals surface area (Å²) >= 11 is 0. The van der Waals surface area contributed by atoms with Gasteiger partial charge < -0.3 is 14.6 Å². The SMILES string of the molecule is Fc1ccc2c3c([nH]c2c1)CCN(c1ccc2nc(CCC4CCOCC4)ccc2c1)C3. The summed E-state index contributed by atoms with van der Waals surface area (Å²) in [6, 6.07) is 16.1. The normalized spacial score (nSPS) is 17.2. The van der Waals surface area contributed by atoms with Crippen LogP contribution in [0.1, 0.15) is 36.2 Å². The van der Waals surface area contributed by atoms with Gasteiger partial charge >= 0.3 is 0 Å². The third kappa shape index (κ3) is 3.75. The number of pyridine rings is 1. The molecule has 1 fully saturated rings. The maximum atomic E-state index is 13.6. The highest BCUT2D eigenvalue weighted by molar-refractivity contribution is 5.86. The van der Waals surface area contributed by atoms with E-state index >= 15 is 0 Å². The Morgan fingerprint density at radius 2 is 1.97 bits per heavy atom. The summed E-state index contributed by atoms with van der Waals surface area (Å²) in [6.07, 6.45) is 5.54. The van der Waals surface area contributed by atoms with E-state index in [0.717, 1.165) is 61.5 Å². The fraction of sp³-hybridized carbons (Fsp3) is 0.370. The van der Waals surface area contributed by atoms with Crippen LogP contribution in [-0.2, 0) is 24.1 Å². The third-order valence-electron chi connectivity index (χ3n) is 7.18. The highest BCUT2D eigenvalue weighted by atomic mass is 19.1. The summed E-state index contributed by atoms with van der Waals surface area (Å²) in [5, 5.41) is 2.31. The third-order valence-corrected chi connectivity index (χ3v) is 7.18. The van der Waals surface area contributed by atoms with Crippen molar-refractivity contribution < 1.29 is 9.13 Å². The number of benzene rings is 2. The second-order valence-corrected chi connectivity index (χ2v) is 9.22. The van der Waals surface area contributed by atoms with Crippen LogP contribution in [0.4, 0.5) is 10.1 Å². The lowest BCUT2D eigenvalue weighted by molar-refractivity contribution is 0.0639. The minimum absolute atomic E-state index is 0.192. The number of nitrogens with one attached hydrogen (secondary N) is 1. The van der Waals surface area contributed by atoms with E-state index in [4.69, 9.17) is 9.72 Å².